The molecule has 0 amide bonds. The SMILES string of the molecule is CN(C)[C@@H](Cc1ccc(OCc2ccccc2)cc1)C(=O)O. The van der Waals surface area contributed by atoms with E-state index in [0.717, 1.165) is 16.9 Å². The summed E-state index contributed by atoms with van der Waals surface area (Å²) in [4.78, 5) is 12.9. The molecule has 2 rings (SSSR count). The van der Waals surface area contributed by atoms with Crippen molar-refractivity contribution in [1.29, 1.82) is 0 Å². The summed E-state index contributed by atoms with van der Waals surface area (Å²) in [5.74, 6) is -0.0289. The molecule has 1 atom stereocenters. The number of rotatable bonds is 7. The van der Waals surface area contributed by atoms with Crippen LogP contribution >= 0.6 is 0 Å². The molecule has 0 aromatic heterocycles. The highest BCUT2D eigenvalue weighted by Crippen LogP contribution is 2.16. The maximum Gasteiger partial charge on any atom is 0.321 e. The number of hydrogen-bond acceptors (Lipinski definition) is 3. The summed E-state index contributed by atoms with van der Waals surface area (Å²) in [6, 6.07) is 17.0. The number of ether oxygens (including phenoxy) is 1. The molecule has 0 fully saturated rings. The molecule has 2 aromatic rings. The third-order valence-corrected chi connectivity index (χ3v) is 3.51. The Morgan fingerprint density at radius 1 is 1.05 bits per heavy atom. The number of carboxylic acids is 1. The maximum atomic E-state index is 11.2. The second kappa shape index (κ2) is 7.61. The van der Waals surface area contributed by atoms with Crippen molar-refractivity contribution in [2.45, 2.75) is 19.1 Å². The Balaban J connectivity index is 1.94. The molecule has 2 aromatic carbocycles. The lowest BCUT2D eigenvalue weighted by molar-refractivity contribution is -0.142. The molecule has 0 saturated carbocycles. The minimum Gasteiger partial charge on any atom is -0.489 e. The number of benzene rings is 2. The summed E-state index contributed by atoms with van der Waals surface area (Å²) >= 11 is 0. The molecule has 0 saturated heterocycles. The Morgan fingerprint density at radius 3 is 2.23 bits per heavy atom. The van der Waals surface area contributed by atoms with Crippen molar-refractivity contribution in [3.63, 3.8) is 0 Å². The van der Waals surface area contributed by atoms with Crippen LogP contribution in [0.15, 0.2) is 54.6 Å². The molecular formula is C18H21NO3. The molecule has 22 heavy (non-hydrogen) atoms. The first kappa shape index (κ1) is 16.0. The molecule has 4 heteroatoms. The van der Waals surface area contributed by atoms with Gasteiger partial charge in [0.15, 0.2) is 0 Å². The van der Waals surface area contributed by atoms with E-state index in [-0.39, 0.29) is 0 Å². The summed E-state index contributed by atoms with van der Waals surface area (Å²) in [7, 11) is 3.55. The summed E-state index contributed by atoms with van der Waals surface area (Å²) in [6.45, 7) is 0.523. The molecule has 0 aliphatic carbocycles. The van der Waals surface area contributed by atoms with E-state index in [1.165, 1.54) is 0 Å². The second-order valence-electron chi connectivity index (χ2n) is 5.44. The van der Waals surface area contributed by atoms with Gasteiger partial charge in [0.1, 0.15) is 18.4 Å². The van der Waals surface area contributed by atoms with Gasteiger partial charge in [0.05, 0.1) is 0 Å². The van der Waals surface area contributed by atoms with Gasteiger partial charge in [-0.25, -0.2) is 0 Å². The van der Waals surface area contributed by atoms with Crippen molar-refractivity contribution in [3.05, 3.63) is 65.7 Å². The summed E-state index contributed by atoms with van der Waals surface area (Å²) < 4.78 is 5.72. The highest BCUT2D eigenvalue weighted by molar-refractivity contribution is 5.73. The molecule has 0 heterocycles. The molecule has 0 aliphatic rings. The number of hydrogen-bond donors (Lipinski definition) is 1. The van der Waals surface area contributed by atoms with E-state index < -0.39 is 12.0 Å². The summed E-state index contributed by atoms with van der Waals surface area (Å²) in [6.07, 6.45) is 0.474. The molecule has 4 nitrogen and oxygen atoms in total. The minimum absolute atomic E-state index is 0.474. The number of likely N-dealkylation sites (N-methyl/N-ethyl adjacent to an activating group) is 1. The fourth-order valence-electron chi connectivity index (χ4n) is 2.18. The Hall–Kier alpha value is -2.33. The quantitative estimate of drug-likeness (QED) is 0.854. The zero-order chi connectivity index (χ0) is 15.9. The molecule has 0 bridgehead atoms. The van der Waals surface area contributed by atoms with Crippen LogP contribution in [0.4, 0.5) is 0 Å². The smallest absolute Gasteiger partial charge is 0.321 e. The summed E-state index contributed by atoms with van der Waals surface area (Å²) in [5.41, 5.74) is 2.10. The minimum atomic E-state index is -0.811. The molecule has 0 unspecified atom stereocenters. The predicted octanol–water partition coefficient (Wildman–Crippen LogP) is 2.82. The average Bonchev–Trinajstić information content (AvgIpc) is 2.52. The van der Waals surface area contributed by atoms with Gasteiger partial charge in [0, 0.05) is 0 Å². The van der Waals surface area contributed by atoms with Gasteiger partial charge in [-0.15, -0.1) is 0 Å². The number of carbonyl (C=O) groups is 1. The third-order valence-electron chi connectivity index (χ3n) is 3.51. The Bertz CT molecular complexity index is 593. The van der Waals surface area contributed by atoms with Crippen molar-refractivity contribution in [2.24, 2.45) is 0 Å². The van der Waals surface area contributed by atoms with E-state index in [4.69, 9.17) is 4.74 Å². The average molecular weight is 299 g/mol. The van der Waals surface area contributed by atoms with Crippen molar-refractivity contribution in [3.8, 4) is 5.75 Å². The van der Waals surface area contributed by atoms with Crippen LogP contribution in [0, 0.1) is 0 Å². The van der Waals surface area contributed by atoms with Crippen molar-refractivity contribution in [2.75, 3.05) is 14.1 Å². The van der Waals surface area contributed by atoms with E-state index >= 15 is 0 Å². The van der Waals surface area contributed by atoms with E-state index in [0.29, 0.717) is 13.0 Å². The molecule has 1 N–H and O–H groups in total. The van der Waals surface area contributed by atoms with Crippen LogP contribution in [0.5, 0.6) is 5.75 Å². The fourth-order valence-corrected chi connectivity index (χ4v) is 2.18. The van der Waals surface area contributed by atoms with E-state index in [9.17, 15) is 9.90 Å². The van der Waals surface area contributed by atoms with Gasteiger partial charge in [0.2, 0.25) is 0 Å². The van der Waals surface area contributed by atoms with Gasteiger partial charge in [-0.2, -0.15) is 0 Å². The number of aliphatic carboxylic acids is 1. The lowest BCUT2D eigenvalue weighted by Gasteiger charge is -2.20. The summed E-state index contributed by atoms with van der Waals surface area (Å²) in [5, 5.41) is 9.20. The Morgan fingerprint density at radius 2 is 1.68 bits per heavy atom. The largest absolute Gasteiger partial charge is 0.489 e. The Labute approximate surface area is 131 Å². The van der Waals surface area contributed by atoms with Gasteiger partial charge >= 0.3 is 5.97 Å². The van der Waals surface area contributed by atoms with E-state index in [1.54, 1.807) is 19.0 Å². The normalized spacial score (nSPS) is 12.1. The highest BCUT2D eigenvalue weighted by Gasteiger charge is 2.19. The van der Waals surface area contributed by atoms with E-state index in [1.807, 2.05) is 54.6 Å². The lowest BCUT2D eigenvalue weighted by atomic mass is 10.1. The molecule has 0 aliphatic heterocycles. The van der Waals surface area contributed by atoms with Crippen LogP contribution in [0.3, 0.4) is 0 Å². The van der Waals surface area contributed by atoms with Gasteiger partial charge in [-0.1, -0.05) is 42.5 Å². The molecule has 0 radical (unpaired) electrons. The van der Waals surface area contributed by atoms with Gasteiger partial charge in [-0.3, -0.25) is 9.69 Å². The zero-order valence-electron chi connectivity index (χ0n) is 12.9. The van der Waals surface area contributed by atoms with Crippen molar-refractivity contribution in [1.82, 2.24) is 4.90 Å². The molecule has 116 valence electrons. The monoisotopic (exact) mass is 299 g/mol. The Kier molecular flexibility index (Phi) is 5.55. The highest BCUT2D eigenvalue weighted by atomic mass is 16.5. The van der Waals surface area contributed by atoms with Crippen LogP contribution in [0.2, 0.25) is 0 Å². The first-order chi connectivity index (χ1) is 10.6. The van der Waals surface area contributed by atoms with Crippen molar-refractivity contribution >= 4 is 5.97 Å². The standard InChI is InChI=1S/C18H21NO3/c1-19(2)17(18(20)21)12-14-8-10-16(11-9-14)22-13-15-6-4-3-5-7-15/h3-11,17H,12-13H2,1-2H3,(H,20,21)/t17-/m0/s1. The molecular weight excluding hydrogens is 278 g/mol. The van der Waals surface area contributed by atoms with Crippen molar-refractivity contribution < 1.29 is 14.6 Å². The first-order valence-corrected chi connectivity index (χ1v) is 7.21. The number of nitrogens with zero attached hydrogens (tertiary/aromatic N) is 1. The van der Waals surface area contributed by atoms with Crippen LogP contribution < -0.4 is 4.74 Å². The topological polar surface area (TPSA) is 49.8 Å². The maximum absolute atomic E-state index is 11.2. The van der Waals surface area contributed by atoms with Gasteiger partial charge < -0.3 is 9.84 Å². The van der Waals surface area contributed by atoms with Crippen LogP contribution in [-0.4, -0.2) is 36.1 Å². The van der Waals surface area contributed by atoms with Crippen LogP contribution in [0.1, 0.15) is 11.1 Å². The number of carboxylic acid groups (broad SMARTS) is 1. The fraction of sp³-hybridized carbons (Fsp3) is 0.278. The predicted molar refractivity (Wildman–Crippen MR) is 86.0 cm³/mol. The zero-order valence-corrected chi connectivity index (χ0v) is 12.9. The van der Waals surface area contributed by atoms with Crippen LogP contribution in [-0.2, 0) is 17.8 Å². The van der Waals surface area contributed by atoms with Crippen LogP contribution in [0.25, 0.3) is 0 Å². The first-order valence-electron chi connectivity index (χ1n) is 7.21. The van der Waals surface area contributed by atoms with Gasteiger partial charge in [0.25, 0.3) is 0 Å². The molecule has 0 spiro atoms. The van der Waals surface area contributed by atoms with Gasteiger partial charge in [-0.05, 0) is 43.8 Å². The second-order valence-corrected chi connectivity index (χ2v) is 5.44. The third kappa shape index (κ3) is 4.60. The lowest BCUT2D eigenvalue weighted by Crippen LogP contribution is -2.37. The van der Waals surface area contributed by atoms with E-state index in [2.05, 4.69) is 0 Å².